The highest BCUT2D eigenvalue weighted by Crippen LogP contribution is 2.34. The van der Waals surface area contributed by atoms with Crippen molar-refractivity contribution in [1.82, 2.24) is 4.98 Å². The van der Waals surface area contributed by atoms with Gasteiger partial charge in [0.1, 0.15) is 0 Å². The molecule has 1 rings (SSSR count). The number of nitrogens with zero attached hydrogens (tertiary/aromatic N) is 2. The zero-order valence-electron chi connectivity index (χ0n) is 9.14. The fourth-order valence-electron chi connectivity index (χ4n) is 1.31. The normalized spacial score (nSPS) is 11.5. The van der Waals surface area contributed by atoms with Gasteiger partial charge in [-0.05, 0) is 6.07 Å². The molecule has 0 aliphatic rings. The summed E-state index contributed by atoms with van der Waals surface area (Å²) in [6.07, 6.45) is -8.44. The summed E-state index contributed by atoms with van der Waals surface area (Å²) >= 11 is 2.81. The van der Waals surface area contributed by atoms with Crippen LogP contribution < -0.4 is 4.74 Å². The smallest absolute Gasteiger partial charge is 0.388 e. The van der Waals surface area contributed by atoms with Gasteiger partial charge in [0.25, 0.3) is 6.43 Å². The molecule has 0 amide bonds. The molecule has 0 radical (unpaired) electrons. The Morgan fingerprint density at radius 1 is 1.42 bits per heavy atom. The second-order valence-electron chi connectivity index (χ2n) is 3.30. The van der Waals surface area contributed by atoms with E-state index < -0.39 is 36.2 Å². The van der Waals surface area contributed by atoms with E-state index in [9.17, 15) is 22.0 Å². The van der Waals surface area contributed by atoms with Crippen molar-refractivity contribution in [2.45, 2.75) is 24.5 Å². The van der Waals surface area contributed by atoms with Crippen LogP contribution in [0, 0.1) is 11.3 Å². The van der Waals surface area contributed by atoms with Crippen molar-refractivity contribution in [2.75, 3.05) is 0 Å². The third kappa shape index (κ3) is 4.31. The number of hydrogen-bond donors (Lipinski definition) is 0. The van der Waals surface area contributed by atoms with Crippen LogP contribution in [0.3, 0.4) is 0 Å². The summed E-state index contributed by atoms with van der Waals surface area (Å²) in [7, 11) is 0. The standard InChI is InChI=1S/C10H6BrF5N2O/c11-4-7-6(8(12)13)3-5(1-2-17)18-9(7)19-10(14,15)16/h3,8H,1,4H2. The van der Waals surface area contributed by atoms with Crippen LogP contribution in [-0.2, 0) is 11.8 Å². The third-order valence-electron chi connectivity index (χ3n) is 2.02. The monoisotopic (exact) mass is 344 g/mol. The van der Waals surface area contributed by atoms with Crippen LogP contribution in [-0.4, -0.2) is 11.3 Å². The molecule has 0 bridgehead atoms. The Morgan fingerprint density at radius 2 is 2.05 bits per heavy atom. The number of rotatable bonds is 4. The minimum absolute atomic E-state index is 0.207. The molecule has 0 fully saturated rings. The van der Waals surface area contributed by atoms with Crippen molar-refractivity contribution < 1.29 is 26.7 Å². The Balaban J connectivity index is 3.36. The number of halogens is 6. The fraction of sp³-hybridized carbons (Fsp3) is 0.400. The van der Waals surface area contributed by atoms with E-state index in [-0.39, 0.29) is 11.0 Å². The lowest BCUT2D eigenvalue weighted by Gasteiger charge is -2.15. The SMILES string of the molecule is N#CCc1cc(C(F)F)c(CBr)c(OC(F)(F)F)n1. The Hall–Kier alpha value is -1.43. The van der Waals surface area contributed by atoms with E-state index in [4.69, 9.17) is 5.26 Å². The molecule has 1 heterocycles. The van der Waals surface area contributed by atoms with Gasteiger partial charge in [-0.1, -0.05) is 15.9 Å². The number of nitriles is 1. The lowest BCUT2D eigenvalue weighted by atomic mass is 10.1. The van der Waals surface area contributed by atoms with E-state index in [0.717, 1.165) is 6.07 Å². The molecule has 0 saturated carbocycles. The highest BCUT2D eigenvalue weighted by Gasteiger charge is 2.34. The molecule has 19 heavy (non-hydrogen) atoms. The van der Waals surface area contributed by atoms with Crippen molar-refractivity contribution in [3.63, 3.8) is 0 Å². The molecule has 0 aromatic carbocycles. The minimum atomic E-state index is -5.05. The zero-order valence-corrected chi connectivity index (χ0v) is 10.7. The van der Waals surface area contributed by atoms with Gasteiger partial charge in [-0.2, -0.15) is 5.26 Å². The fourth-order valence-corrected chi connectivity index (χ4v) is 1.88. The number of pyridine rings is 1. The van der Waals surface area contributed by atoms with Crippen LogP contribution in [0.1, 0.15) is 23.2 Å². The van der Waals surface area contributed by atoms with Gasteiger partial charge in [0.15, 0.2) is 0 Å². The highest BCUT2D eigenvalue weighted by molar-refractivity contribution is 9.08. The van der Waals surface area contributed by atoms with E-state index in [1.807, 2.05) is 0 Å². The van der Waals surface area contributed by atoms with Gasteiger partial charge in [-0.25, -0.2) is 13.8 Å². The first-order valence-corrected chi connectivity index (χ1v) is 5.90. The average molecular weight is 345 g/mol. The lowest BCUT2D eigenvalue weighted by molar-refractivity contribution is -0.276. The molecule has 3 nitrogen and oxygen atoms in total. The first kappa shape index (κ1) is 15.6. The van der Waals surface area contributed by atoms with Gasteiger partial charge in [0, 0.05) is 16.5 Å². The molecule has 0 spiro atoms. The van der Waals surface area contributed by atoms with Gasteiger partial charge in [0.2, 0.25) is 5.88 Å². The number of ether oxygens (including phenoxy) is 1. The van der Waals surface area contributed by atoms with E-state index >= 15 is 0 Å². The topological polar surface area (TPSA) is 45.9 Å². The summed E-state index contributed by atoms with van der Waals surface area (Å²) < 4.78 is 65.7. The average Bonchev–Trinajstić information content (AvgIpc) is 2.26. The first-order chi connectivity index (χ1) is 8.78. The molecule has 0 aliphatic heterocycles. The Labute approximate surface area is 113 Å². The second-order valence-corrected chi connectivity index (χ2v) is 3.86. The molecule has 104 valence electrons. The third-order valence-corrected chi connectivity index (χ3v) is 2.58. The van der Waals surface area contributed by atoms with Crippen molar-refractivity contribution in [2.24, 2.45) is 0 Å². The molecular weight excluding hydrogens is 339 g/mol. The molecule has 0 aliphatic carbocycles. The summed E-state index contributed by atoms with van der Waals surface area (Å²) in [6.45, 7) is 0. The van der Waals surface area contributed by atoms with Crippen LogP contribution in [0.2, 0.25) is 0 Å². The van der Waals surface area contributed by atoms with Crippen LogP contribution >= 0.6 is 15.9 Å². The lowest BCUT2D eigenvalue weighted by Crippen LogP contribution is -2.20. The maximum absolute atomic E-state index is 12.8. The van der Waals surface area contributed by atoms with Crippen LogP contribution in [0.15, 0.2) is 6.07 Å². The summed E-state index contributed by atoms with van der Waals surface area (Å²) in [6, 6.07) is 2.52. The molecule has 0 atom stereocenters. The van der Waals surface area contributed by atoms with Crippen LogP contribution in [0.5, 0.6) is 5.88 Å². The van der Waals surface area contributed by atoms with E-state index in [0.29, 0.717) is 0 Å². The highest BCUT2D eigenvalue weighted by atomic mass is 79.9. The Kier molecular flexibility index (Phi) is 5.05. The van der Waals surface area contributed by atoms with E-state index in [1.54, 1.807) is 6.07 Å². The van der Waals surface area contributed by atoms with Gasteiger partial charge >= 0.3 is 6.36 Å². The number of hydrogen-bond acceptors (Lipinski definition) is 3. The van der Waals surface area contributed by atoms with Crippen molar-refractivity contribution in [3.8, 4) is 11.9 Å². The number of aromatic nitrogens is 1. The van der Waals surface area contributed by atoms with Crippen molar-refractivity contribution >= 4 is 15.9 Å². The Morgan fingerprint density at radius 3 is 2.47 bits per heavy atom. The predicted molar refractivity (Wildman–Crippen MR) is 57.8 cm³/mol. The summed E-state index contributed by atoms with van der Waals surface area (Å²) in [5.74, 6) is -0.965. The summed E-state index contributed by atoms with van der Waals surface area (Å²) in [5, 5.41) is 8.17. The predicted octanol–water partition coefficient (Wildman–Crippen LogP) is 3.88. The largest absolute Gasteiger partial charge is 0.574 e. The van der Waals surface area contributed by atoms with Gasteiger partial charge < -0.3 is 4.74 Å². The van der Waals surface area contributed by atoms with Crippen LogP contribution in [0.4, 0.5) is 22.0 Å². The molecular formula is C10H6BrF5N2O. The van der Waals surface area contributed by atoms with Gasteiger partial charge in [-0.3, -0.25) is 0 Å². The second kappa shape index (κ2) is 6.14. The molecule has 0 unspecified atom stereocenters. The maximum Gasteiger partial charge on any atom is 0.574 e. The van der Waals surface area contributed by atoms with Crippen molar-refractivity contribution in [1.29, 1.82) is 5.26 Å². The Bertz CT molecular complexity index is 498. The van der Waals surface area contributed by atoms with Gasteiger partial charge in [0.05, 0.1) is 18.2 Å². The van der Waals surface area contributed by atoms with Crippen LogP contribution in [0.25, 0.3) is 0 Å². The zero-order chi connectivity index (χ0) is 14.6. The van der Waals surface area contributed by atoms with E-state index in [2.05, 4.69) is 25.7 Å². The molecule has 1 aromatic rings. The summed E-state index contributed by atoms with van der Waals surface area (Å²) in [5.41, 5.74) is -1.24. The molecule has 1 aromatic heterocycles. The minimum Gasteiger partial charge on any atom is -0.388 e. The maximum atomic E-state index is 12.8. The first-order valence-electron chi connectivity index (χ1n) is 4.78. The number of alkyl halides is 6. The summed E-state index contributed by atoms with van der Waals surface area (Å²) in [4.78, 5) is 3.43. The van der Waals surface area contributed by atoms with E-state index in [1.165, 1.54) is 0 Å². The van der Waals surface area contributed by atoms with Crippen molar-refractivity contribution in [3.05, 3.63) is 22.9 Å². The molecule has 0 saturated heterocycles. The van der Waals surface area contributed by atoms with Gasteiger partial charge in [-0.15, -0.1) is 13.2 Å². The molecule has 0 N–H and O–H groups in total. The molecule has 9 heteroatoms. The quantitative estimate of drug-likeness (QED) is 0.615.